The fraction of sp³-hybridized carbons (Fsp3) is 0.722. The largest absolute Gasteiger partial charge is 0.472 e. The van der Waals surface area contributed by atoms with Crippen LogP contribution < -0.4 is 0 Å². The number of phosphoric ester groups is 1. The zero-order valence-electron chi connectivity index (χ0n) is 41.6. The molecule has 0 aromatic carbocycles. The van der Waals surface area contributed by atoms with E-state index in [0.29, 0.717) is 19.3 Å². The highest BCUT2D eigenvalue weighted by molar-refractivity contribution is 7.47. The smallest absolute Gasteiger partial charge is 0.462 e. The third-order valence-corrected chi connectivity index (χ3v) is 11.5. The van der Waals surface area contributed by atoms with Crippen molar-refractivity contribution in [3.05, 3.63) is 72.9 Å². The highest BCUT2D eigenvalue weighted by Crippen LogP contribution is 2.43. The van der Waals surface area contributed by atoms with E-state index in [1.807, 2.05) is 0 Å². The number of allylic oxidation sites excluding steroid dienone is 12. The monoisotopic (exact) mass is 949 g/mol. The number of esters is 3. The predicted molar refractivity (Wildman–Crippen MR) is 270 cm³/mol. The van der Waals surface area contributed by atoms with Gasteiger partial charge in [0.25, 0.3) is 0 Å². The quantitative estimate of drug-likeness (QED) is 0.0197. The predicted octanol–water partition coefficient (Wildman–Crippen LogP) is 14.6. The van der Waals surface area contributed by atoms with E-state index in [4.69, 9.17) is 23.3 Å². The summed E-state index contributed by atoms with van der Waals surface area (Å²) in [6.45, 7) is 4.36. The molecule has 2 N–H and O–H groups in total. The van der Waals surface area contributed by atoms with Crippen molar-refractivity contribution in [2.24, 2.45) is 0 Å². The minimum Gasteiger partial charge on any atom is -0.462 e. The Labute approximate surface area is 401 Å². The van der Waals surface area contributed by atoms with Crippen LogP contribution in [0.25, 0.3) is 0 Å². The van der Waals surface area contributed by atoms with E-state index >= 15 is 0 Å². The summed E-state index contributed by atoms with van der Waals surface area (Å²) in [4.78, 5) is 48.3. The minimum atomic E-state index is -4.75. The maximum Gasteiger partial charge on any atom is 0.472 e. The van der Waals surface area contributed by atoms with E-state index in [1.54, 1.807) is 0 Å². The molecule has 11 nitrogen and oxygen atoms in total. The van der Waals surface area contributed by atoms with Crippen LogP contribution in [0.4, 0.5) is 0 Å². The third kappa shape index (κ3) is 46.0. The van der Waals surface area contributed by atoms with Gasteiger partial charge in [0.1, 0.15) is 12.7 Å². The molecule has 0 aliphatic heterocycles. The van der Waals surface area contributed by atoms with Crippen molar-refractivity contribution < 1.29 is 52.2 Å². The summed E-state index contributed by atoms with van der Waals surface area (Å²) in [5.41, 5.74) is 0. The molecule has 0 aromatic rings. The van der Waals surface area contributed by atoms with Gasteiger partial charge in [0.05, 0.1) is 19.8 Å². The summed E-state index contributed by atoms with van der Waals surface area (Å²) in [6, 6.07) is 0. The van der Waals surface area contributed by atoms with Crippen LogP contribution in [0.2, 0.25) is 0 Å². The molecule has 0 fully saturated rings. The van der Waals surface area contributed by atoms with Crippen molar-refractivity contribution in [1.29, 1.82) is 0 Å². The lowest BCUT2D eigenvalue weighted by molar-refractivity contribution is -0.161. The first-order chi connectivity index (χ1) is 32.2. The Morgan fingerprint density at radius 2 is 0.818 bits per heavy atom. The number of aliphatic hydroxyl groups excluding tert-OH is 1. The molecule has 12 heteroatoms. The zero-order valence-corrected chi connectivity index (χ0v) is 42.5. The van der Waals surface area contributed by atoms with Gasteiger partial charge in [-0.1, -0.05) is 171 Å². The number of hydrogen-bond acceptors (Lipinski definition) is 10. The Bertz CT molecular complexity index is 1390. The molecule has 66 heavy (non-hydrogen) atoms. The molecule has 3 unspecified atom stereocenters. The van der Waals surface area contributed by atoms with Gasteiger partial charge in [-0.05, 0) is 96.3 Å². The average molecular weight is 949 g/mol. The molecule has 0 radical (unpaired) electrons. The van der Waals surface area contributed by atoms with Crippen LogP contribution in [0.15, 0.2) is 72.9 Å². The van der Waals surface area contributed by atoms with Gasteiger partial charge in [0, 0.05) is 19.3 Å². The minimum absolute atomic E-state index is 0.145. The summed E-state index contributed by atoms with van der Waals surface area (Å²) in [6.07, 6.45) is 51.6. The van der Waals surface area contributed by atoms with Crippen molar-refractivity contribution in [2.75, 3.05) is 26.4 Å². The molecule has 0 saturated heterocycles. The number of unbranched alkanes of at least 4 members (excludes halogenated alkanes) is 18. The summed E-state index contributed by atoms with van der Waals surface area (Å²) in [7, 11) is -4.75. The summed E-state index contributed by atoms with van der Waals surface area (Å²) >= 11 is 0. The van der Waals surface area contributed by atoms with Crippen molar-refractivity contribution in [3.63, 3.8) is 0 Å². The van der Waals surface area contributed by atoms with Crippen molar-refractivity contribution >= 4 is 25.7 Å². The van der Waals surface area contributed by atoms with Gasteiger partial charge in [-0.25, -0.2) is 4.57 Å². The fourth-order valence-electron chi connectivity index (χ4n) is 6.62. The van der Waals surface area contributed by atoms with Gasteiger partial charge >= 0.3 is 25.7 Å². The number of carbonyl (C=O) groups excluding carboxylic acids is 3. The highest BCUT2D eigenvalue weighted by Gasteiger charge is 2.28. The number of phosphoric acid groups is 1. The Balaban J connectivity index is 4.80. The summed E-state index contributed by atoms with van der Waals surface area (Å²) in [5.74, 6) is -1.52. The van der Waals surface area contributed by atoms with E-state index in [2.05, 4.69) is 93.7 Å². The van der Waals surface area contributed by atoms with Crippen LogP contribution in [0.3, 0.4) is 0 Å². The Morgan fingerprint density at radius 1 is 0.439 bits per heavy atom. The molecule has 0 bridgehead atoms. The Hall–Kier alpha value is -3.08. The number of hydrogen-bond donors (Lipinski definition) is 2. The SMILES string of the molecule is CC/C=C\C/C=C\C/C=C\CCCCCCCC(=O)OCC(COP(=O)(O)OCC(CO)OC(=O)CCCCCCC/C=C\CCCC)OC(=O)CCCCCCC/C=C\C/C=C\CCC. The molecule has 3 atom stereocenters. The van der Waals surface area contributed by atoms with Crippen LogP contribution in [0.5, 0.6) is 0 Å². The van der Waals surface area contributed by atoms with Crippen molar-refractivity contribution in [2.45, 2.75) is 226 Å². The van der Waals surface area contributed by atoms with Crippen LogP contribution in [0.1, 0.15) is 213 Å². The maximum absolute atomic E-state index is 12.8. The number of carbonyl (C=O) groups is 3. The molecule has 380 valence electrons. The molecule has 0 saturated carbocycles. The van der Waals surface area contributed by atoms with Crippen molar-refractivity contribution in [3.8, 4) is 0 Å². The Morgan fingerprint density at radius 3 is 1.29 bits per heavy atom. The summed E-state index contributed by atoms with van der Waals surface area (Å²) in [5, 5.41) is 9.76. The van der Waals surface area contributed by atoms with Crippen molar-refractivity contribution in [1.82, 2.24) is 0 Å². The molecule has 0 aromatic heterocycles. The van der Waals surface area contributed by atoms with Gasteiger partial charge in [-0.2, -0.15) is 0 Å². The molecular formula is C54H93O11P. The van der Waals surface area contributed by atoms with E-state index in [-0.39, 0.29) is 25.9 Å². The van der Waals surface area contributed by atoms with Gasteiger partial charge in [0.15, 0.2) is 6.10 Å². The average Bonchev–Trinajstić information content (AvgIpc) is 3.30. The normalized spacial score (nSPS) is 14.1. The lowest BCUT2D eigenvalue weighted by Gasteiger charge is -2.21. The number of ether oxygens (including phenoxy) is 3. The fourth-order valence-corrected chi connectivity index (χ4v) is 7.41. The first-order valence-electron chi connectivity index (χ1n) is 25.8. The molecular weight excluding hydrogens is 856 g/mol. The first kappa shape index (κ1) is 62.9. The van der Waals surface area contributed by atoms with E-state index in [1.165, 1.54) is 12.8 Å². The highest BCUT2D eigenvalue weighted by atomic mass is 31.2. The second-order valence-electron chi connectivity index (χ2n) is 16.9. The summed E-state index contributed by atoms with van der Waals surface area (Å²) < 4.78 is 39.3. The zero-order chi connectivity index (χ0) is 48.4. The molecule has 0 heterocycles. The van der Waals surface area contributed by atoms with E-state index in [9.17, 15) is 28.9 Å². The lowest BCUT2D eigenvalue weighted by atomic mass is 10.1. The van der Waals surface area contributed by atoms with Crippen LogP contribution in [-0.2, 0) is 42.2 Å². The topological polar surface area (TPSA) is 155 Å². The van der Waals surface area contributed by atoms with Crippen LogP contribution >= 0.6 is 7.82 Å². The second-order valence-corrected chi connectivity index (χ2v) is 18.4. The first-order valence-corrected chi connectivity index (χ1v) is 27.3. The molecule has 0 aliphatic carbocycles. The maximum atomic E-state index is 12.8. The molecule has 0 amide bonds. The van der Waals surface area contributed by atoms with E-state index < -0.39 is 57.8 Å². The second kappa shape index (κ2) is 48.4. The Kier molecular flexibility index (Phi) is 46.1. The molecule has 0 rings (SSSR count). The molecule has 0 aliphatic rings. The van der Waals surface area contributed by atoms with Gasteiger partial charge < -0.3 is 24.2 Å². The van der Waals surface area contributed by atoms with Crippen LogP contribution in [-0.4, -0.2) is 66.5 Å². The van der Waals surface area contributed by atoms with Gasteiger partial charge in [-0.3, -0.25) is 23.4 Å². The van der Waals surface area contributed by atoms with Crippen LogP contribution in [0, 0.1) is 0 Å². The molecule has 0 spiro atoms. The van der Waals surface area contributed by atoms with E-state index in [0.717, 1.165) is 141 Å². The number of rotatable bonds is 47. The lowest BCUT2D eigenvalue weighted by Crippen LogP contribution is -2.30. The third-order valence-electron chi connectivity index (χ3n) is 10.6. The van der Waals surface area contributed by atoms with Gasteiger partial charge in [-0.15, -0.1) is 0 Å². The number of aliphatic hydroxyl groups is 1. The van der Waals surface area contributed by atoms with Gasteiger partial charge in [0.2, 0.25) is 0 Å². The standard InChI is InChI=1S/C54H93O11P/c1-4-7-10-13-16-19-22-24-25-27-29-31-34-37-40-43-52(56)61-47-51(65-54(58)45-42-39-36-33-30-26-23-20-17-14-11-8-5-2)49-63-66(59,60)62-48-50(46-55)64-53(57)44-41-38-35-32-28-21-18-15-12-9-6-3/h7,10-11,14-16,18-20,23-25,50-51,55H,4-6,8-9,12-13,17,21-22,26-49H2,1-3H3,(H,59,60)/b10-7-,14-11-,18-15-,19-16-,23-20-,25-24-.